The molecule has 108 valence electrons. The molecule has 0 aromatic heterocycles. The minimum Gasteiger partial charge on any atom is -0.377 e. The Bertz CT molecular complexity index is 777. The standard InChI is InChI=1S/C15H15N3O2S/c1-11(13-8-6-12(10-16)7-9-13)18-14-4-2-3-5-15(14)21(17,19)20/h2-9,11,18H,1H3,(H2,17,19,20). The molecule has 0 spiro atoms. The second-order valence-corrected chi connectivity index (χ2v) is 6.17. The molecule has 2 rings (SSSR count). The van der Waals surface area contributed by atoms with Gasteiger partial charge in [-0.1, -0.05) is 24.3 Å². The van der Waals surface area contributed by atoms with E-state index in [1.807, 2.05) is 19.1 Å². The minimum atomic E-state index is -3.78. The summed E-state index contributed by atoms with van der Waals surface area (Å²) < 4.78 is 23.1. The molecule has 2 aromatic rings. The van der Waals surface area contributed by atoms with Gasteiger partial charge in [0.2, 0.25) is 10.0 Å². The van der Waals surface area contributed by atoms with Gasteiger partial charge in [0.1, 0.15) is 4.90 Å². The molecule has 0 heterocycles. The van der Waals surface area contributed by atoms with E-state index in [0.29, 0.717) is 11.3 Å². The predicted octanol–water partition coefficient (Wildman–Crippen LogP) is 2.38. The number of para-hydroxylation sites is 1. The lowest BCUT2D eigenvalue weighted by Crippen LogP contribution is -2.16. The lowest BCUT2D eigenvalue weighted by molar-refractivity contribution is 0.598. The number of rotatable bonds is 4. The van der Waals surface area contributed by atoms with E-state index in [2.05, 4.69) is 11.4 Å². The van der Waals surface area contributed by atoms with Crippen LogP contribution < -0.4 is 10.5 Å². The number of hydrogen-bond acceptors (Lipinski definition) is 4. The monoisotopic (exact) mass is 301 g/mol. The summed E-state index contributed by atoms with van der Waals surface area (Å²) in [4.78, 5) is 0.0606. The number of anilines is 1. The van der Waals surface area contributed by atoms with Gasteiger partial charge >= 0.3 is 0 Å². The molecular weight excluding hydrogens is 286 g/mol. The van der Waals surface area contributed by atoms with Crippen LogP contribution in [0, 0.1) is 11.3 Å². The van der Waals surface area contributed by atoms with Gasteiger partial charge in [0.25, 0.3) is 0 Å². The van der Waals surface area contributed by atoms with E-state index in [9.17, 15) is 8.42 Å². The first-order chi connectivity index (χ1) is 9.91. The van der Waals surface area contributed by atoms with Gasteiger partial charge in [-0.2, -0.15) is 5.26 Å². The number of nitrogens with zero attached hydrogens (tertiary/aromatic N) is 1. The van der Waals surface area contributed by atoms with Crippen LogP contribution in [-0.2, 0) is 10.0 Å². The molecule has 0 radical (unpaired) electrons. The third-order valence-corrected chi connectivity index (χ3v) is 4.07. The van der Waals surface area contributed by atoms with Crippen molar-refractivity contribution in [2.24, 2.45) is 5.14 Å². The van der Waals surface area contributed by atoms with Gasteiger partial charge in [0.05, 0.1) is 17.3 Å². The molecule has 0 aliphatic carbocycles. The van der Waals surface area contributed by atoms with E-state index >= 15 is 0 Å². The minimum absolute atomic E-state index is 0.0606. The van der Waals surface area contributed by atoms with Crippen LogP contribution in [0.15, 0.2) is 53.4 Å². The van der Waals surface area contributed by atoms with Crippen molar-refractivity contribution in [2.45, 2.75) is 17.9 Å². The first kappa shape index (κ1) is 15.0. The molecule has 21 heavy (non-hydrogen) atoms. The highest BCUT2D eigenvalue weighted by atomic mass is 32.2. The quantitative estimate of drug-likeness (QED) is 0.906. The Balaban J connectivity index is 2.28. The van der Waals surface area contributed by atoms with Gasteiger partial charge in [-0.3, -0.25) is 0 Å². The highest BCUT2D eigenvalue weighted by Gasteiger charge is 2.15. The Morgan fingerprint density at radius 3 is 2.33 bits per heavy atom. The largest absolute Gasteiger partial charge is 0.377 e. The second kappa shape index (κ2) is 5.95. The normalized spacial score (nSPS) is 12.4. The molecule has 2 aromatic carbocycles. The zero-order chi connectivity index (χ0) is 15.5. The van der Waals surface area contributed by atoms with Crippen LogP contribution in [0.1, 0.15) is 24.1 Å². The summed E-state index contributed by atoms with van der Waals surface area (Å²) in [6, 6.07) is 15.5. The zero-order valence-corrected chi connectivity index (χ0v) is 12.3. The number of hydrogen-bond donors (Lipinski definition) is 2. The summed E-state index contributed by atoms with van der Waals surface area (Å²) >= 11 is 0. The molecular formula is C15H15N3O2S. The molecule has 1 unspecified atom stereocenters. The Morgan fingerprint density at radius 2 is 1.76 bits per heavy atom. The van der Waals surface area contributed by atoms with E-state index in [1.54, 1.807) is 30.3 Å². The van der Waals surface area contributed by atoms with Crippen LogP contribution in [0.2, 0.25) is 0 Å². The highest BCUT2D eigenvalue weighted by Crippen LogP contribution is 2.25. The molecule has 1 atom stereocenters. The van der Waals surface area contributed by atoms with Crippen LogP contribution >= 0.6 is 0 Å². The van der Waals surface area contributed by atoms with Crippen molar-refractivity contribution in [1.82, 2.24) is 0 Å². The fourth-order valence-corrected chi connectivity index (χ4v) is 2.70. The molecule has 0 fully saturated rings. The Hall–Kier alpha value is -2.36. The molecule has 0 aliphatic heterocycles. The van der Waals surface area contributed by atoms with Crippen molar-refractivity contribution in [3.05, 3.63) is 59.7 Å². The molecule has 3 N–H and O–H groups in total. The van der Waals surface area contributed by atoms with E-state index in [0.717, 1.165) is 5.56 Å². The maximum Gasteiger partial charge on any atom is 0.240 e. The number of benzene rings is 2. The summed E-state index contributed by atoms with van der Waals surface area (Å²) in [7, 11) is -3.78. The Morgan fingerprint density at radius 1 is 1.14 bits per heavy atom. The molecule has 6 heteroatoms. The van der Waals surface area contributed by atoms with Gasteiger partial charge in [-0.25, -0.2) is 13.6 Å². The topological polar surface area (TPSA) is 96.0 Å². The van der Waals surface area contributed by atoms with Crippen molar-refractivity contribution >= 4 is 15.7 Å². The fraction of sp³-hybridized carbons (Fsp3) is 0.133. The number of primary sulfonamides is 1. The molecule has 0 saturated heterocycles. The molecule has 5 nitrogen and oxygen atoms in total. The van der Waals surface area contributed by atoms with Gasteiger partial charge < -0.3 is 5.32 Å². The molecule has 0 aliphatic rings. The maximum atomic E-state index is 11.6. The smallest absolute Gasteiger partial charge is 0.240 e. The van der Waals surface area contributed by atoms with Crippen molar-refractivity contribution in [3.8, 4) is 6.07 Å². The second-order valence-electron chi connectivity index (χ2n) is 4.64. The van der Waals surface area contributed by atoms with E-state index in [1.165, 1.54) is 6.07 Å². The third kappa shape index (κ3) is 3.60. The van der Waals surface area contributed by atoms with Gasteiger partial charge in [0, 0.05) is 6.04 Å². The van der Waals surface area contributed by atoms with Crippen molar-refractivity contribution in [3.63, 3.8) is 0 Å². The van der Waals surface area contributed by atoms with Gasteiger partial charge in [-0.15, -0.1) is 0 Å². The molecule has 0 saturated carbocycles. The number of sulfonamides is 1. The summed E-state index contributed by atoms with van der Waals surface area (Å²) in [6.45, 7) is 1.90. The van der Waals surface area contributed by atoms with Crippen LogP contribution in [0.25, 0.3) is 0 Å². The highest BCUT2D eigenvalue weighted by molar-refractivity contribution is 7.89. The summed E-state index contributed by atoms with van der Waals surface area (Å²) in [5.74, 6) is 0. The van der Waals surface area contributed by atoms with Gasteiger partial charge in [0.15, 0.2) is 0 Å². The number of nitriles is 1. The average molecular weight is 301 g/mol. The van der Waals surface area contributed by atoms with Crippen LogP contribution in [0.3, 0.4) is 0 Å². The molecule has 0 bridgehead atoms. The van der Waals surface area contributed by atoms with Crippen molar-refractivity contribution < 1.29 is 8.42 Å². The average Bonchev–Trinajstić information content (AvgIpc) is 2.47. The number of nitrogens with two attached hydrogens (primary N) is 1. The van der Waals surface area contributed by atoms with Gasteiger partial charge in [-0.05, 0) is 36.8 Å². The molecule has 0 amide bonds. The van der Waals surface area contributed by atoms with Crippen LogP contribution in [0.5, 0.6) is 0 Å². The first-order valence-corrected chi connectivity index (χ1v) is 7.85. The summed E-state index contributed by atoms with van der Waals surface area (Å²) in [5, 5.41) is 17.1. The maximum absolute atomic E-state index is 11.6. The van der Waals surface area contributed by atoms with E-state index in [-0.39, 0.29) is 10.9 Å². The lowest BCUT2D eigenvalue weighted by atomic mass is 10.1. The summed E-state index contributed by atoms with van der Waals surface area (Å²) in [6.07, 6.45) is 0. The SMILES string of the molecule is CC(Nc1ccccc1S(N)(=O)=O)c1ccc(C#N)cc1. The van der Waals surface area contributed by atoms with E-state index in [4.69, 9.17) is 10.4 Å². The third-order valence-electron chi connectivity index (χ3n) is 3.11. The van der Waals surface area contributed by atoms with Crippen LogP contribution in [0.4, 0.5) is 5.69 Å². The Kier molecular flexibility index (Phi) is 4.26. The van der Waals surface area contributed by atoms with Crippen molar-refractivity contribution in [1.29, 1.82) is 5.26 Å². The summed E-state index contributed by atoms with van der Waals surface area (Å²) in [5.41, 5.74) is 1.98. The fourth-order valence-electron chi connectivity index (χ4n) is 2.00. The first-order valence-electron chi connectivity index (χ1n) is 6.30. The lowest BCUT2D eigenvalue weighted by Gasteiger charge is -2.17. The Labute approximate surface area is 124 Å². The predicted molar refractivity (Wildman–Crippen MR) is 81.0 cm³/mol. The number of nitrogens with one attached hydrogen (secondary N) is 1. The van der Waals surface area contributed by atoms with E-state index < -0.39 is 10.0 Å². The van der Waals surface area contributed by atoms with Crippen molar-refractivity contribution in [2.75, 3.05) is 5.32 Å². The van der Waals surface area contributed by atoms with Crippen LogP contribution in [-0.4, -0.2) is 8.42 Å². The zero-order valence-electron chi connectivity index (χ0n) is 11.4.